The number of alkyl halides is 3. The number of ether oxygens (including phenoxy) is 1. The van der Waals surface area contributed by atoms with Gasteiger partial charge in [-0.1, -0.05) is 30.3 Å². The lowest BCUT2D eigenvalue weighted by Crippen LogP contribution is -2.25. The van der Waals surface area contributed by atoms with Gasteiger partial charge >= 0.3 is 6.18 Å². The van der Waals surface area contributed by atoms with Crippen molar-refractivity contribution in [1.29, 1.82) is 0 Å². The van der Waals surface area contributed by atoms with E-state index in [1.165, 1.54) is 5.56 Å². The number of likely N-dealkylation sites (tertiary alicyclic amines) is 1. The number of rotatable bonds is 5. The molecule has 2 fully saturated rings. The van der Waals surface area contributed by atoms with E-state index in [1.54, 1.807) is 0 Å². The molecule has 1 aliphatic carbocycles. The summed E-state index contributed by atoms with van der Waals surface area (Å²) < 4.78 is 40.7. The maximum Gasteiger partial charge on any atom is 0.411 e. The van der Waals surface area contributed by atoms with Crippen molar-refractivity contribution in [2.24, 2.45) is 17.8 Å². The quantitative estimate of drug-likeness (QED) is 0.824. The van der Waals surface area contributed by atoms with E-state index in [2.05, 4.69) is 17.0 Å². The number of nitrogens with zero attached hydrogens (tertiary/aromatic N) is 1. The lowest BCUT2D eigenvalue weighted by atomic mass is 10.2. The summed E-state index contributed by atoms with van der Waals surface area (Å²) in [6.07, 6.45) is -4.21. The van der Waals surface area contributed by atoms with Crippen LogP contribution in [-0.4, -0.2) is 37.4 Å². The van der Waals surface area contributed by atoms with Crippen LogP contribution in [0.2, 0.25) is 0 Å². The highest BCUT2D eigenvalue weighted by atomic mass is 19.4. The largest absolute Gasteiger partial charge is 0.411 e. The smallest absolute Gasteiger partial charge is 0.372 e. The van der Waals surface area contributed by atoms with Gasteiger partial charge in [0, 0.05) is 19.6 Å². The molecule has 1 saturated heterocycles. The van der Waals surface area contributed by atoms with Gasteiger partial charge in [0.05, 0.1) is 6.61 Å². The number of hydrogen-bond acceptors (Lipinski definition) is 2. The van der Waals surface area contributed by atoms with Crippen LogP contribution in [0, 0.1) is 17.8 Å². The first-order chi connectivity index (χ1) is 9.53. The molecule has 5 heteroatoms. The minimum absolute atomic E-state index is 0.258. The monoisotopic (exact) mass is 285 g/mol. The van der Waals surface area contributed by atoms with E-state index in [0.717, 1.165) is 19.6 Å². The molecule has 0 radical (unpaired) electrons. The van der Waals surface area contributed by atoms with Gasteiger partial charge in [-0.3, -0.25) is 4.90 Å². The second kappa shape index (κ2) is 5.37. The third-order valence-corrected chi connectivity index (χ3v) is 4.27. The summed E-state index contributed by atoms with van der Waals surface area (Å²) in [5, 5.41) is 0. The fraction of sp³-hybridized carbons (Fsp3) is 0.600. The van der Waals surface area contributed by atoms with Gasteiger partial charge in [-0.2, -0.15) is 13.2 Å². The van der Waals surface area contributed by atoms with Crippen LogP contribution in [0.4, 0.5) is 13.2 Å². The van der Waals surface area contributed by atoms with E-state index in [-0.39, 0.29) is 6.61 Å². The zero-order valence-electron chi connectivity index (χ0n) is 11.1. The molecule has 0 bridgehead atoms. The molecule has 1 heterocycles. The van der Waals surface area contributed by atoms with Crippen molar-refractivity contribution in [3.8, 4) is 0 Å². The number of piperidine rings is 1. The minimum Gasteiger partial charge on any atom is -0.372 e. The molecule has 0 unspecified atom stereocenters. The van der Waals surface area contributed by atoms with Crippen LogP contribution in [0.25, 0.3) is 0 Å². The predicted molar refractivity (Wildman–Crippen MR) is 69.1 cm³/mol. The number of fused-ring (bicyclic) bond motifs is 1. The third-order valence-electron chi connectivity index (χ3n) is 4.27. The summed E-state index contributed by atoms with van der Waals surface area (Å²) in [7, 11) is 0. The SMILES string of the molecule is FC(F)(F)COC[C@@H]1[C@H]2CN(Cc3ccccc3)C[C@@H]12. The highest BCUT2D eigenvalue weighted by molar-refractivity contribution is 5.15. The van der Waals surface area contributed by atoms with Gasteiger partial charge in [0.1, 0.15) is 6.61 Å². The highest BCUT2D eigenvalue weighted by Crippen LogP contribution is 2.52. The second-order valence-corrected chi connectivity index (χ2v) is 5.80. The van der Waals surface area contributed by atoms with Crippen molar-refractivity contribution in [2.75, 3.05) is 26.3 Å². The fourth-order valence-electron chi connectivity index (χ4n) is 3.27. The molecule has 110 valence electrons. The molecule has 2 nitrogen and oxygen atoms in total. The first kappa shape index (κ1) is 13.9. The highest BCUT2D eigenvalue weighted by Gasteiger charge is 2.55. The maximum absolute atomic E-state index is 12.0. The van der Waals surface area contributed by atoms with Crippen molar-refractivity contribution >= 4 is 0 Å². The Labute approximate surface area is 116 Å². The van der Waals surface area contributed by atoms with Gasteiger partial charge in [0.25, 0.3) is 0 Å². The van der Waals surface area contributed by atoms with Crippen LogP contribution >= 0.6 is 0 Å². The Bertz CT molecular complexity index is 436. The Morgan fingerprint density at radius 1 is 1.10 bits per heavy atom. The lowest BCUT2D eigenvalue weighted by molar-refractivity contribution is -0.175. The van der Waals surface area contributed by atoms with E-state index in [1.807, 2.05) is 18.2 Å². The minimum atomic E-state index is -4.21. The van der Waals surface area contributed by atoms with E-state index < -0.39 is 12.8 Å². The first-order valence-corrected chi connectivity index (χ1v) is 6.94. The van der Waals surface area contributed by atoms with Gasteiger partial charge in [0.15, 0.2) is 0 Å². The summed E-state index contributed by atoms with van der Waals surface area (Å²) in [6.45, 7) is 2.05. The van der Waals surface area contributed by atoms with Crippen molar-refractivity contribution in [1.82, 2.24) is 4.90 Å². The molecule has 3 rings (SSSR count). The molecule has 3 atom stereocenters. The van der Waals surface area contributed by atoms with E-state index >= 15 is 0 Å². The zero-order chi connectivity index (χ0) is 14.2. The molecule has 0 aromatic heterocycles. The Morgan fingerprint density at radius 3 is 2.35 bits per heavy atom. The van der Waals surface area contributed by atoms with Gasteiger partial charge < -0.3 is 4.74 Å². The standard InChI is InChI=1S/C15H18F3NO/c16-15(17,18)10-20-9-14-12-7-19(8-13(12)14)6-11-4-2-1-3-5-11/h1-5,12-14H,6-10H2/t12-,13+,14+. The van der Waals surface area contributed by atoms with Crippen molar-refractivity contribution in [3.05, 3.63) is 35.9 Å². The molecule has 1 saturated carbocycles. The van der Waals surface area contributed by atoms with Crippen LogP contribution in [0.5, 0.6) is 0 Å². The van der Waals surface area contributed by atoms with Gasteiger partial charge in [-0.15, -0.1) is 0 Å². The maximum atomic E-state index is 12.0. The Hall–Kier alpha value is -1.07. The van der Waals surface area contributed by atoms with Crippen molar-refractivity contribution in [2.45, 2.75) is 12.7 Å². The Morgan fingerprint density at radius 2 is 1.75 bits per heavy atom. The van der Waals surface area contributed by atoms with Gasteiger partial charge in [-0.25, -0.2) is 0 Å². The molecule has 0 N–H and O–H groups in total. The molecule has 1 aromatic rings. The van der Waals surface area contributed by atoms with E-state index in [9.17, 15) is 13.2 Å². The van der Waals surface area contributed by atoms with Crippen LogP contribution in [0.3, 0.4) is 0 Å². The van der Waals surface area contributed by atoms with Gasteiger partial charge in [-0.05, 0) is 23.3 Å². The molecular weight excluding hydrogens is 267 g/mol. The van der Waals surface area contributed by atoms with Crippen LogP contribution in [0.15, 0.2) is 30.3 Å². The summed E-state index contributed by atoms with van der Waals surface area (Å²) in [5.41, 5.74) is 1.29. The van der Waals surface area contributed by atoms with Crippen LogP contribution < -0.4 is 0 Å². The van der Waals surface area contributed by atoms with E-state index in [0.29, 0.717) is 17.8 Å². The normalized spacial score (nSPS) is 29.4. The summed E-state index contributed by atoms with van der Waals surface area (Å²) >= 11 is 0. The topological polar surface area (TPSA) is 12.5 Å². The number of hydrogen-bond donors (Lipinski definition) is 0. The average molecular weight is 285 g/mol. The molecule has 20 heavy (non-hydrogen) atoms. The van der Waals surface area contributed by atoms with Crippen molar-refractivity contribution < 1.29 is 17.9 Å². The summed E-state index contributed by atoms with van der Waals surface area (Å²) in [6, 6.07) is 10.3. The Balaban J connectivity index is 1.38. The first-order valence-electron chi connectivity index (χ1n) is 6.94. The van der Waals surface area contributed by atoms with Gasteiger partial charge in [0.2, 0.25) is 0 Å². The molecular formula is C15H18F3NO. The molecule has 0 spiro atoms. The number of benzene rings is 1. The van der Waals surface area contributed by atoms with Crippen LogP contribution in [0.1, 0.15) is 5.56 Å². The molecule has 2 aliphatic rings. The predicted octanol–water partition coefficient (Wildman–Crippen LogP) is 2.94. The fourth-order valence-corrected chi connectivity index (χ4v) is 3.27. The van der Waals surface area contributed by atoms with Crippen LogP contribution in [-0.2, 0) is 11.3 Å². The van der Waals surface area contributed by atoms with E-state index in [4.69, 9.17) is 4.74 Å². The molecule has 1 aliphatic heterocycles. The average Bonchev–Trinajstić information content (AvgIpc) is 2.83. The second-order valence-electron chi connectivity index (χ2n) is 5.80. The number of halogens is 3. The summed E-state index contributed by atoms with van der Waals surface area (Å²) in [5.74, 6) is 1.41. The third kappa shape index (κ3) is 3.33. The zero-order valence-corrected chi connectivity index (χ0v) is 11.1. The molecule has 0 amide bonds. The lowest BCUT2D eigenvalue weighted by Gasteiger charge is -2.19. The Kier molecular flexibility index (Phi) is 3.73. The van der Waals surface area contributed by atoms with Crippen molar-refractivity contribution in [3.63, 3.8) is 0 Å². The summed E-state index contributed by atoms with van der Waals surface area (Å²) in [4.78, 5) is 2.38. The molecule has 1 aromatic carbocycles.